The van der Waals surface area contributed by atoms with Crippen molar-refractivity contribution in [2.24, 2.45) is 0 Å². The number of allylic oxidation sites excluding steroid dienone is 1. The van der Waals surface area contributed by atoms with Gasteiger partial charge in [0.05, 0.1) is 5.54 Å². The molecule has 0 unspecified atom stereocenters. The number of H-pyrrole nitrogens is 1. The molecule has 1 aliphatic heterocycles. The first kappa shape index (κ1) is 23.4. The minimum atomic E-state index is -0.350. The normalized spacial score (nSPS) is 15.1. The second-order valence-corrected chi connectivity index (χ2v) is 9.76. The lowest BCUT2D eigenvalue weighted by molar-refractivity contribution is -0.117. The highest BCUT2D eigenvalue weighted by atomic mass is 16.1. The molecule has 3 aromatic rings. The Kier molecular flexibility index (Phi) is 6.34. The van der Waals surface area contributed by atoms with Gasteiger partial charge in [-0.05, 0) is 82.0 Å². The molecule has 2 aromatic carbocycles. The van der Waals surface area contributed by atoms with Crippen LogP contribution in [-0.4, -0.2) is 29.0 Å². The van der Waals surface area contributed by atoms with E-state index < -0.39 is 0 Å². The Morgan fingerprint density at radius 2 is 2.00 bits per heavy atom. The summed E-state index contributed by atoms with van der Waals surface area (Å²) in [6, 6.07) is 16.7. The Bertz CT molecular complexity index is 1330. The number of para-hydroxylation sites is 1. The van der Waals surface area contributed by atoms with E-state index in [4.69, 9.17) is 0 Å². The zero-order chi connectivity index (χ0) is 24.5. The first-order chi connectivity index (χ1) is 16.2. The first-order valence-corrected chi connectivity index (χ1v) is 11.8. The molecule has 0 bridgehead atoms. The number of hydrogen-bond donors (Lipinski definition) is 2. The maximum Gasteiger partial charge on any atom is 0.261 e. The molecule has 0 spiro atoms. The number of hydrogen-bond acceptors (Lipinski definition) is 3. The van der Waals surface area contributed by atoms with Crippen LogP contribution in [0.2, 0.25) is 0 Å². The summed E-state index contributed by atoms with van der Waals surface area (Å²) >= 11 is 0. The molecular weight excluding hydrogens is 420 g/mol. The van der Waals surface area contributed by atoms with Gasteiger partial charge in [0.2, 0.25) is 0 Å². The van der Waals surface area contributed by atoms with Crippen LogP contribution in [0.3, 0.4) is 0 Å². The van der Waals surface area contributed by atoms with Crippen molar-refractivity contribution in [3.63, 3.8) is 0 Å². The van der Waals surface area contributed by atoms with Crippen molar-refractivity contribution in [2.75, 3.05) is 11.4 Å². The predicted molar refractivity (Wildman–Crippen MR) is 140 cm³/mol. The molecule has 4 rings (SSSR count). The number of carbonyl (C=O) groups is 1. The molecule has 0 radical (unpaired) electrons. The monoisotopic (exact) mass is 452 g/mol. The Morgan fingerprint density at radius 3 is 2.74 bits per heavy atom. The summed E-state index contributed by atoms with van der Waals surface area (Å²) in [7, 11) is 0. The third-order valence-corrected chi connectivity index (χ3v) is 6.44. The lowest BCUT2D eigenvalue weighted by atomic mass is 9.87. The van der Waals surface area contributed by atoms with Gasteiger partial charge < -0.3 is 15.2 Å². The maximum absolute atomic E-state index is 12.7. The lowest BCUT2D eigenvalue weighted by Crippen LogP contribution is -2.49. The number of amides is 1. The third kappa shape index (κ3) is 4.49. The number of fused-ring (bicyclic) bond motifs is 2. The quantitative estimate of drug-likeness (QED) is 0.364. The topological polar surface area (TPSA) is 71.9 Å². The average Bonchev–Trinajstić information content (AvgIpc) is 3.20. The summed E-state index contributed by atoms with van der Waals surface area (Å²) < 4.78 is 0. The second-order valence-electron chi connectivity index (χ2n) is 9.76. The van der Waals surface area contributed by atoms with E-state index in [0.29, 0.717) is 19.0 Å². The van der Waals surface area contributed by atoms with Crippen LogP contribution in [0.1, 0.15) is 51.3 Å². The van der Waals surface area contributed by atoms with E-state index in [9.17, 15) is 10.1 Å². The van der Waals surface area contributed by atoms with Crippen molar-refractivity contribution in [1.82, 2.24) is 10.3 Å². The highest BCUT2D eigenvalue weighted by Gasteiger charge is 2.32. The van der Waals surface area contributed by atoms with Gasteiger partial charge in [-0.2, -0.15) is 5.26 Å². The summed E-state index contributed by atoms with van der Waals surface area (Å²) in [4.78, 5) is 18.4. The van der Waals surface area contributed by atoms with Crippen molar-refractivity contribution < 1.29 is 4.79 Å². The van der Waals surface area contributed by atoms with Gasteiger partial charge in [0.15, 0.2) is 0 Å². The highest BCUT2D eigenvalue weighted by Crippen LogP contribution is 2.40. The van der Waals surface area contributed by atoms with E-state index in [2.05, 4.69) is 80.2 Å². The maximum atomic E-state index is 12.7. The molecule has 0 atom stereocenters. The summed E-state index contributed by atoms with van der Waals surface area (Å²) in [6.45, 7) is 11.4. The number of benzene rings is 2. The van der Waals surface area contributed by atoms with Crippen molar-refractivity contribution in [3.05, 3.63) is 77.0 Å². The summed E-state index contributed by atoms with van der Waals surface area (Å²) in [6.07, 6.45) is 6.63. The zero-order valence-corrected chi connectivity index (χ0v) is 20.6. The van der Waals surface area contributed by atoms with Crippen LogP contribution in [0.4, 0.5) is 5.69 Å². The summed E-state index contributed by atoms with van der Waals surface area (Å²) in [5.41, 5.74) is 6.62. The number of anilines is 1. The van der Waals surface area contributed by atoms with Crippen molar-refractivity contribution in [1.29, 1.82) is 5.26 Å². The molecule has 34 heavy (non-hydrogen) atoms. The van der Waals surface area contributed by atoms with Gasteiger partial charge in [-0.3, -0.25) is 4.79 Å². The molecule has 2 N–H and O–H groups in total. The van der Waals surface area contributed by atoms with Crippen LogP contribution in [0.15, 0.2) is 60.3 Å². The largest absolute Gasteiger partial charge is 0.361 e. The fourth-order valence-corrected chi connectivity index (χ4v) is 5.16. The number of nitriles is 1. The van der Waals surface area contributed by atoms with E-state index in [1.54, 1.807) is 6.08 Å². The Hall–Kier alpha value is -3.78. The number of carbonyl (C=O) groups excluding carboxylic acids is 1. The SMILES string of the molecule is CC1=CC(C)(C)N(C(C)C)c2ccc(/C=C(/C#N)C(=O)NCCc3c[nH]c4ccccc34)cc21. The highest BCUT2D eigenvalue weighted by molar-refractivity contribution is 6.02. The molecule has 1 aromatic heterocycles. The molecule has 1 aliphatic rings. The van der Waals surface area contributed by atoms with Gasteiger partial charge in [-0.15, -0.1) is 0 Å². The second kappa shape index (κ2) is 9.23. The molecule has 2 heterocycles. The smallest absolute Gasteiger partial charge is 0.261 e. The molecule has 1 amide bonds. The predicted octanol–water partition coefficient (Wildman–Crippen LogP) is 5.84. The van der Waals surface area contributed by atoms with Gasteiger partial charge in [-0.1, -0.05) is 30.3 Å². The zero-order valence-electron chi connectivity index (χ0n) is 20.6. The van der Waals surface area contributed by atoms with Crippen LogP contribution in [0.25, 0.3) is 22.6 Å². The number of nitrogens with zero attached hydrogens (tertiary/aromatic N) is 2. The van der Waals surface area contributed by atoms with E-state index in [1.165, 1.54) is 11.3 Å². The summed E-state index contributed by atoms with van der Waals surface area (Å²) in [5, 5.41) is 13.7. The van der Waals surface area contributed by atoms with E-state index in [0.717, 1.165) is 27.6 Å². The molecule has 5 nitrogen and oxygen atoms in total. The molecule has 0 saturated carbocycles. The molecule has 0 fully saturated rings. The molecule has 174 valence electrons. The molecule has 5 heteroatoms. The van der Waals surface area contributed by atoms with Crippen LogP contribution >= 0.6 is 0 Å². The number of aromatic amines is 1. The average molecular weight is 453 g/mol. The van der Waals surface area contributed by atoms with E-state index in [1.807, 2.05) is 30.5 Å². The lowest BCUT2D eigenvalue weighted by Gasteiger charge is -2.46. The van der Waals surface area contributed by atoms with Gasteiger partial charge in [-0.25, -0.2) is 0 Å². The minimum Gasteiger partial charge on any atom is -0.361 e. The first-order valence-electron chi connectivity index (χ1n) is 11.8. The van der Waals surface area contributed by atoms with Crippen molar-refractivity contribution in [3.8, 4) is 6.07 Å². The Labute approximate surface area is 201 Å². The Balaban J connectivity index is 1.50. The van der Waals surface area contributed by atoms with E-state index in [-0.39, 0.29) is 17.0 Å². The fourth-order valence-electron chi connectivity index (χ4n) is 5.16. The minimum absolute atomic E-state index is 0.0783. The van der Waals surface area contributed by atoms with Crippen LogP contribution in [0, 0.1) is 11.3 Å². The van der Waals surface area contributed by atoms with Gasteiger partial charge >= 0.3 is 0 Å². The van der Waals surface area contributed by atoms with Crippen LogP contribution < -0.4 is 10.2 Å². The van der Waals surface area contributed by atoms with Gasteiger partial charge in [0.25, 0.3) is 5.91 Å². The standard InChI is InChI=1S/C29H32N4O/c1-19(2)33-27-11-10-21(15-25(27)20(3)16-29(33,4)5)14-23(17-30)28(34)31-13-12-22-18-32-26-9-7-6-8-24(22)26/h6-11,14-16,18-19,32H,12-13H2,1-5H3,(H,31,34)/b23-14-. The van der Waals surface area contributed by atoms with Crippen molar-refractivity contribution >= 4 is 34.1 Å². The molecule has 0 aliphatic carbocycles. The van der Waals surface area contributed by atoms with Gasteiger partial charge in [0.1, 0.15) is 11.6 Å². The molecular formula is C29H32N4O. The summed E-state index contributed by atoms with van der Waals surface area (Å²) in [5.74, 6) is -0.350. The number of aromatic nitrogens is 1. The fraction of sp³-hybridized carbons (Fsp3) is 0.310. The van der Waals surface area contributed by atoms with Crippen LogP contribution in [-0.2, 0) is 11.2 Å². The van der Waals surface area contributed by atoms with E-state index >= 15 is 0 Å². The van der Waals surface area contributed by atoms with Gasteiger partial charge in [0, 0.05) is 40.9 Å². The number of nitrogens with one attached hydrogen (secondary N) is 2. The van der Waals surface area contributed by atoms with Crippen molar-refractivity contribution in [2.45, 2.75) is 52.6 Å². The molecule has 0 saturated heterocycles. The number of rotatable bonds is 6. The Morgan fingerprint density at radius 1 is 1.24 bits per heavy atom. The van der Waals surface area contributed by atoms with Crippen LogP contribution in [0.5, 0.6) is 0 Å². The third-order valence-electron chi connectivity index (χ3n) is 6.44.